The highest BCUT2D eigenvalue weighted by Gasteiger charge is 2.14. The van der Waals surface area contributed by atoms with Crippen molar-refractivity contribution in [3.05, 3.63) is 93.5 Å². The van der Waals surface area contributed by atoms with Crippen molar-refractivity contribution in [2.45, 2.75) is 45.9 Å². The maximum atomic E-state index is 6.57. The molecule has 0 spiro atoms. The first-order valence-corrected chi connectivity index (χ1v) is 11.4. The fraction of sp³-hybridized carbons (Fsp3) is 0.308. The lowest BCUT2D eigenvalue weighted by Crippen LogP contribution is -2.26. The molecular formula is C26H29Cl2NO2. The van der Waals surface area contributed by atoms with Crippen molar-refractivity contribution in [1.29, 1.82) is 0 Å². The Morgan fingerprint density at radius 2 is 1.65 bits per heavy atom. The minimum atomic E-state index is 0.370. The van der Waals surface area contributed by atoms with Crippen molar-refractivity contribution in [2.75, 3.05) is 6.61 Å². The van der Waals surface area contributed by atoms with Crippen LogP contribution in [0.15, 0.2) is 66.7 Å². The van der Waals surface area contributed by atoms with Crippen molar-refractivity contribution in [2.24, 2.45) is 0 Å². The Balaban J connectivity index is 1.60. The molecule has 0 aliphatic carbocycles. The highest BCUT2D eigenvalue weighted by molar-refractivity contribution is 6.32. The third-order valence-electron chi connectivity index (χ3n) is 5.00. The molecule has 0 fully saturated rings. The van der Waals surface area contributed by atoms with Crippen molar-refractivity contribution in [1.82, 2.24) is 5.32 Å². The molecule has 5 heteroatoms. The van der Waals surface area contributed by atoms with Gasteiger partial charge in [-0.25, -0.2) is 0 Å². The van der Waals surface area contributed by atoms with Crippen LogP contribution < -0.4 is 14.8 Å². The molecule has 0 saturated carbocycles. The summed E-state index contributed by atoms with van der Waals surface area (Å²) in [5.41, 5.74) is 3.40. The largest absolute Gasteiger partial charge is 0.490 e. The van der Waals surface area contributed by atoms with Gasteiger partial charge in [-0.2, -0.15) is 0 Å². The van der Waals surface area contributed by atoms with Crippen LogP contribution in [0.3, 0.4) is 0 Å². The molecule has 1 N–H and O–H groups in total. The molecule has 164 valence electrons. The van der Waals surface area contributed by atoms with Gasteiger partial charge in [-0.15, -0.1) is 0 Å². The van der Waals surface area contributed by atoms with Gasteiger partial charge < -0.3 is 14.8 Å². The summed E-state index contributed by atoms with van der Waals surface area (Å²) in [5, 5.41) is 4.80. The Morgan fingerprint density at radius 3 is 2.39 bits per heavy atom. The molecule has 0 aliphatic rings. The third kappa shape index (κ3) is 7.46. The van der Waals surface area contributed by atoms with Crippen LogP contribution >= 0.6 is 23.2 Å². The van der Waals surface area contributed by atoms with Crippen LogP contribution in [0, 0.1) is 0 Å². The topological polar surface area (TPSA) is 30.5 Å². The third-order valence-corrected chi connectivity index (χ3v) is 5.52. The summed E-state index contributed by atoms with van der Waals surface area (Å²) >= 11 is 12.6. The monoisotopic (exact) mass is 457 g/mol. The number of halogens is 2. The summed E-state index contributed by atoms with van der Waals surface area (Å²) in [7, 11) is 0. The lowest BCUT2D eigenvalue weighted by atomic mass is 10.1. The van der Waals surface area contributed by atoms with Crippen molar-refractivity contribution in [3.63, 3.8) is 0 Å². The molecule has 3 aromatic rings. The van der Waals surface area contributed by atoms with Gasteiger partial charge in [0.1, 0.15) is 6.61 Å². The number of nitrogens with one attached hydrogen (secondary N) is 1. The second-order valence-corrected chi connectivity index (χ2v) is 8.41. The summed E-state index contributed by atoms with van der Waals surface area (Å²) in [4.78, 5) is 0. The Labute approximate surface area is 195 Å². The standard InChI is InChI=1S/C26H29Cl2NO2/c1-3-30-25-16-22(17-29-19(2)12-13-20-8-5-4-6-9-20)15-24(28)26(25)31-18-21-10-7-11-23(27)14-21/h4-11,14-16,19,29H,3,12-13,17-18H2,1-2H3/t19-/m0/s1. The molecule has 0 unspecified atom stereocenters. The molecule has 31 heavy (non-hydrogen) atoms. The van der Waals surface area contributed by atoms with Gasteiger partial charge in [0.2, 0.25) is 0 Å². The van der Waals surface area contributed by atoms with Crippen LogP contribution in [0.5, 0.6) is 11.5 Å². The summed E-state index contributed by atoms with van der Waals surface area (Å²) in [6.07, 6.45) is 2.12. The van der Waals surface area contributed by atoms with Gasteiger partial charge in [-0.3, -0.25) is 0 Å². The fourth-order valence-electron chi connectivity index (χ4n) is 3.33. The molecule has 1 atom stereocenters. The van der Waals surface area contributed by atoms with Gasteiger partial charge in [-0.1, -0.05) is 65.7 Å². The predicted molar refractivity (Wildman–Crippen MR) is 129 cm³/mol. The van der Waals surface area contributed by atoms with E-state index in [1.165, 1.54) is 5.56 Å². The van der Waals surface area contributed by atoms with E-state index in [1.807, 2.05) is 49.4 Å². The van der Waals surface area contributed by atoms with Gasteiger partial charge in [0.15, 0.2) is 11.5 Å². The molecule has 3 aromatic carbocycles. The van der Waals surface area contributed by atoms with Gasteiger partial charge >= 0.3 is 0 Å². The maximum absolute atomic E-state index is 6.57. The van der Waals surface area contributed by atoms with E-state index in [9.17, 15) is 0 Å². The molecule has 0 aliphatic heterocycles. The number of hydrogen-bond acceptors (Lipinski definition) is 3. The zero-order chi connectivity index (χ0) is 22.1. The van der Waals surface area contributed by atoms with Crippen LogP contribution in [-0.2, 0) is 19.6 Å². The lowest BCUT2D eigenvalue weighted by molar-refractivity contribution is 0.269. The van der Waals surface area contributed by atoms with Gasteiger partial charge in [0, 0.05) is 17.6 Å². The molecule has 0 saturated heterocycles. The number of aryl methyl sites for hydroxylation is 1. The molecule has 0 amide bonds. The maximum Gasteiger partial charge on any atom is 0.180 e. The minimum absolute atomic E-state index is 0.370. The molecule has 0 bridgehead atoms. The first-order valence-electron chi connectivity index (χ1n) is 10.6. The number of rotatable bonds is 11. The molecule has 3 rings (SSSR count). The van der Waals surface area contributed by atoms with Crippen LogP contribution in [0.4, 0.5) is 0 Å². The van der Waals surface area contributed by atoms with E-state index < -0.39 is 0 Å². The summed E-state index contributed by atoms with van der Waals surface area (Å²) < 4.78 is 11.8. The average Bonchev–Trinajstić information content (AvgIpc) is 2.76. The highest BCUT2D eigenvalue weighted by Crippen LogP contribution is 2.37. The number of ether oxygens (including phenoxy) is 2. The minimum Gasteiger partial charge on any atom is -0.490 e. The summed E-state index contributed by atoms with van der Waals surface area (Å²) in [6, 6.07) is 22.5. The van der Waals surface area contributed by atoms with E-state index in [1.54, 1.807) is 0 Å². The van der Waals surface area contributed by atoms with Gasteiger partial charge in [0.25, 0.3) is 0 Å². The van der Waals surface area contributed by atoms with E-state index in [0.29, 0.717) is 47.3 Å². The number of benzene rings is 3. The van der Waals surface area contributed by atoms with Crippen LogP contribution in [0.2, 0.25) is 10.0 Å². The fourth-order valence-corrected chi connectivity index (χ4v) is 3.83. The van der Waals surface area contributed by atoms with Crippen LogP contribution in [0.1, 0.15) is 37.0 Å². The van der Waals surface area contributed by atoms with Crippen molar-refractivity contribution < 1.29 is 9.47 Å². The zero-order valence-corrected chi connectivity index (χ0v) is 19.5. The molecular weight excluding hydrogens is 429 g/mol. The smallest absolute Gasteiger partial charge is 0.180 e. The van der Waals surface area contributed by atoms with Gasteiger partial charge in [0.05, 0.1) is 11.6 Å². The second-order valence-electron chi connectivity index (χ2n) is 7.56. The van der Waals surface area contributed by atoms with Crippen LogP contribution in [-0.4, -0.2) is 12.6 Å². The van der Waals surface area contributed by atoms with E-state index in [0.717, 1.165) is 24.0 Å². The SMILES string of the molecule is CCOc1cc(CN[C@@H](C)CCc2ccccc2)cc(Cl)c1OCc1cccc(Cl)c1. The Morgan fingerprint density at radius 1 is 0.871 bits per heavy atom. The molecule has 0 radical (unpaired) electrons. The number of hydrogen-bond donors (Lipinski definition) is 1. The molecule has 3 nitrogen and oxygen atoms in total. The zero-order valence-electron chi connectivity index (χ0n) is 18.0. The normalized spacial score (nSPS) is 11.9. The van der Waals surface area contributed by atoms with Gasteiger partial charge in [-0.05, 0) is 67.6 Å². The molecule has 0 aromatic heterocycles. The Kier molecular flexibility index (Phi) is 9.08. The predicted octanol–water partition coefficient (Wildman–Crippen LogP) is 7.08. The summed E-state index contributed by atoms with van der Waals surface area (Å²) in [5.74, 6) is 1.22. The summed E-state index contributed by atoms with van der Waals surface area (Å²) in [6.45, 7) is 5.77. The molecule has 0 heterocycles. The Hall–Kier alpha value is -2.20. The first-order chi connectivity index (χ1) is 15.0. The lowest BCUT2D eigenvalue weighted by Gasteiger charge is -2.17. The van der Waals surface area contributed by atoms with E-state index in [2.05, 4.69) is 36.5 Å². The Bertz CT molecular complexity index is 963. The van der Waals surface area contributed by atoms with E-state index in [-0.39, 0.29) is 0 Å². The second kappa shape index (κ2) is 12.0. The average molecular weight is 458 g/mol. The van der Waals surface area contributed by atoms with Crippen molar-refractivity contribution in [3.8, 4) is 11.5 Å². The van der Waals surface area contributed by atoms with Crippen LogP contribution in [0.25, 0.3) is 0 Å². The van der Waals surface area contributed by atoms with E-state index in [4.69, 9.17) is 32.7 Å². The first kappa shape index (κ1) is 23.5. The highest BCUT2D eigenvalue weighted by atomic mass is 35.5. The quantitative estimate of drug-likeness (QED) is 0.333. The van der Waals surface area contributed by atoms with E-state index >= 15 is 0 Å². The van der Waals surface area contributed by atoms with Crippen molar-refractivity contribution >= 4 is 23.2 Å².